The lowest BCUT2D eigenvalue weighted by atomic mass is 10.3. The van der Waals surface area contributed by atoms with E-state index in [9.17, 15) is 9.18 Å². The molecular weight excluding hydrogens is 281 g/mol. The van der Waals surface area contributed by atoms with Crippen molar-refractivity contribution < 1.29 is 9.18 Å². The van der Waals surface area contributed by atoms with E-state index in [1.807, 2.05) is 9.80 Å². The molecule has 1 amide bonds. The minimum absolute atomic E-state index is 0.243. The van der Waals surface area contributed by atoms with E-state index in [1.54, 1.807) is 0 Å². The van der Waals surface area contributed by atoms with Crippen LogP contribution in [0.2, 0.25) is 5.02 Å². The Morgan fingerprint density at radius 1 is 1.30 bits per heavy atom. The van der Waals surface area contributed by atoms with Crippen molar-refractivity contribution >= 4 is 23.3 Å². The molecule has 1 saturated heterocycles. The Hall–Kier alpha value is -1.36. The summed E-state index contributed by atoms with van der Waals surface area (Å²) in [5.41, 5.74) is 0. The molecule has 1 aromatic rings. The third kappa shape index (κ3) is 2.87. The molecule has 0 N–H and O–H groups in total. The normalized spacial score (nSPS) is 19.9. The van der Waals surface area contributed by atoms with Gasteiger partial charge in [0.2, 0.25) is 5.91 Å². The Morgan fingerprint density at radius 2 is 2.10 bits per heavy atom. The van der Waals surface area contributed by atoms with Crippen LogP contribution in [-0.2, 0) is 4.79 Å². The maximum atomic E-state index is 13.9. The molecule has 6 heteroatoms. The number of carbonyl (C=O) groups is 1. The molecule has 4 nitrogen and oxygen atoms in total. The maximum absolute atomic E-state index is 13.9. The SMILES string of the molecule is O=C(C1CC1)N1CCCN(c2ncc(Cl)cc2F)CC1. The van der Waals surface area contributed by atoms with E-state index in [1.165, 1.54) is 12.3 Å². The first-order valence-corrected chi connectivity index (χ1v) is 7.38. The van der Waals surface area contributed by atoms with Crippen LogP contribution < -0.4 is 4.90 Å². The Kier molecular flexibility index (Phi) is 3.78. The van der Waals surface area contributed by atoms with Crippen molar-refractivity contribution in [3.05, 3.63) is 23.1 Å². The largest absolute Gasteiger partial charge is 0.352 e. The predicted molar refractivity (Wildman–Crippen MR) is 75.3 cm³/mol. The second kappa shape index (κ2) is 5.56. The van der Waals surface area contributed by atoms with Crippen LogP contribution in [0.15, 0.2) is 12.3 Å². The van der Waals surface area contributed by atoms with Gasteiger partial charge >= 0.3 is 0 Å². The van der Waals surface area contributed by atoms with E-state index in [2.05, 4.69) is 4.98 Å². The van der Waals surface area contributed by atoms with Crippen molar-refractivity contribution in [2.45, 2.75) is 19.3 Å². The average Bonchev–Trinajstić information content (AvgIpc) is 3.25. The zero-order valence-electron chi connectivity index (χ0n) is 11.2. The fraction of sp³-hybridized carbons (Fsp3) is 0.571. The molecule has 1 saturated carbocycles. The Bertz CT molecular complexity index is 521. The summed E-state index contributed by atoms with van der Waals surface area (Å²) in [6.07, 6.45) is 4.33. The number of pyridine rings is 1. The van der Waals surface area contributed by atoms with Crippen LogP contribution in [0.25, 0.3) is 0 Å². The maximum Gasteiger partial charge on any atom is 0.225 e. The van der Waals surface area contributed by atoms with Gasteiger partial charge in [-0.1, -0.05) is 11.6 Å². The number of halogens is 2. The zero-order valence-corrected chi connectivity index (χ0v) is 11.9. The molecule has 3 rings (SSSR count). The van der Waals surface area contributed by atoms with Crippen LogP contribution in [0.5, 0.6) is 0 Å². The summed E-state index contributed by atoms with van der Waals surface area (Å²) in [7, 11) is 0. The molecule has 2 heterocycles. The van der Waals surface area contributed by atoms with E-state index in [4.69, 9.17) is 11.6 Å². The Balaban J connectivity index is 1.68. The standard InChI is InChI=1S/C14H17ClFN3O/c15-11-8-12(16)13(17-9-11)18-4-1-5-19(7-6-18)14(20)10-2-3-10/h8-10H,1-7H2. The van der Waals surface area contributed by atoms with Gasteiger partial charge in [-0.15, -0.1) is 0 Å². The summed E-state index contributed by atoms with van der Waals surface area (Å²) in [5.74, 6) is 0.429. The molecule has 0 unspecified atom stereocenters. The molecule has 0 radical (unpaired) electrons. The topological polar surface area (TPSA) is 36.4 Å². The second-order valence-corrected chi connectivity index (χ2v) is 5.84. The third-order valence-corrected chi connectivity index (χ3v) is 4.03. The van der Waals surface area contributed by atoms with Gasteiger partial charge in [-0.3, -0.25) is 4.79 Å². The molecule has 0 spiro atoms. The lowest BCUT2D eigenvalue weighted by Gasteiger charge is -2.23. The van der Waals surface area contributed by atoms with E-state index in [0.717, 1.165) is 25.8 Å². The Labute approximate surface area is 122 Å². The summed E-state index contributed by atoms with van der Waals surface area (Å²) in [6.45, 7) is 2.71. The van der Waals surface area contributed by atoms with Crippen LogP contribution >= 0.6 is 11.6 Å². The number of anilines is 1. The van der Waals surface area contributed by atoms with E-state index >= 15 is 0 Å². The summed E-state index contributed by atoms with van der Waals surface area (Å²) in [4.78, 5) is 19.9. The second-order valence-electron chi connectivity index (χ2n) is 5.40. The van der Waals surface area contributed by atoms with Crippen molar-refractivity contribution in [2.75, 3.05) is 31.1 Å². The van der Waals surface area contributed by atoms with Gasteiger partial charge in [-0.25, -0.2) is 9.37 Å². The fourth-order valence-electron chi connectivity index (χ4n) is 2.58. The molecule has 1 aliphatic heterocycles. The average molecular weight is 298 g/mol. The highest BCUT2D eigenvalue weighted by Crippen LogP contribution is 2.31. The number of amides is 1. The molecule has 0 aromatic carbocycles. The van der Waals surface area contributed by atoms with Crippen molar-refractivity contribution in [3.8, 4) is 0 Å². The zero-order chi connectivity index (χ0) is 14.1. The van der Waals surface area contributed by atoms with Crippen LogP contribution in [0.4, 0.5) is 10.2 Å². The molecule has 2 fully saturated rings. The number of hydrogen-bond acceptors (Lipinski definition) is 3. The summed E-state index contributed by atoms with van der Waals surface area (Å²) in [6, 6.07) is 1.28. The van der Waals surface area contributed by atoms with Gasteiger partial charge in [0.25, 0.3) is 0 Å². The lowest BCUT2D eigenvalue weighted by molar-refractivity contribution is -0.132. The number of aromatic nitrogens is 1. The van der Waals surface area contributed by atoms with Crippen molar-refractivity contribution in [1.29, 1.82) is 0 Å². The number of hydrogen-bond donors (Lipinski definition) is 0. The summed E-state index contributed by atoms with van der Waals surface area (Å²) >= 11 is 5.72. The number of carbonyl (C=O) groups excluding carboxylic acids is 1. The van der Waals surface area contributed by atoms with Gasteiger partial charge < -0.3 is 9.80 Å². The highest BCUT2D eigenvalue weighted by molar-refractivity contribution is 6.30. The molecule has 20 heavy (non-hydrogen) atoms. The predicted octanol–water partition coefficient (Wildman–Crippen LogP) is 2.32. The van der Waals surface area contributed by atoms with Gasteiger partial charge in [0, 0.05) is 38.3 Å². The highest BCUT2D eigenvalue weighted by atomic mass is 35.5. The minimum Gasteiger partial charge on any atom is -0.352 e. The van der Waals surface area contributed by atoms with Crippen LogP contribution in [-0.4, -0.2) is 42.0 Å². The molecule has 1 aromatic heterocycles. The smallest absolute Gasteiger partial charge is 0.225 e. The molecular formula is C14H17ClFN3O. The monoisotopic (exact) mass is 297 g/mol. The van der Waals surface area contributed by atoms with Crippen LogP contribution in [0, 0.1) is 11.7 Å². The third-order valence-electron chi connectivity index (χ3n) is 3.82. The van der Waals surface area contributed by atoms with Crippen molar-refractivity contribution in [1.82, 2.24) is 9.88 Å². The van der Waals surface area contributed by atoms with E-state index < -0.39 is 5.82 Å². The van der Waals surface area contributed by atoms with Gasteiger partial charge in [0.05, 0.1) is 5.02 Å². The van der Waals surface area contributed by atoms with E-state index in [0.29, 0.717) is 30.5 Å². The first kappa shape index (κ1) is 13.6. The van der Waals surface area contributed by atoms with Crippen LogP contribution in [0.3, 0.4) is 0 Å². The van der Waals surface area contributed by atoms with Gasteiger partial charge in [0.15, 0.2) is 11.6 Å². The summed E-state index contributed by atoms with van der Waals surface area (Å²) in [5, 5.41) is 0.298. The van der Waals surface area contributed by atoms with Gasteiger partial charge in [-0.2, -0.15) is 0 Å². The Morgan fingerprint density at radius 3 is 2.80 bits per heavy atom. The quantitative estimate of drug-likeness (QED) is 0.840. The number of nitrogens with zero attached hydrogens (tertiary/aromatic N) is 3. The lowest BCUT2D eigenvalue weighted by Crippen LogP contribution is -2.36. The number of rotatable bonds is 2. The fourth-order valence-corrected chi connectivity index (χ4v) is 2.72. The van der Waals surface area contributed by atoms with Crippen LogP contribution in [0.1, 0.15) is 19.3 Å². The molecule has 2 aliphatic rings. The molecule has 0 bridgehead atoms. The first-order chi connectivity index (χ1) is 9.65. The van der Waals surface area contributed by atoms with Gasteiger partial charge in [0.1, 0.15) is 0 Å². The van der Waals surface area contributed by atoms with Crippen molar-refractivity contribution in [3.63, 3.8) is 0 Å². The minimum atomic E-state index is -0.403. The van der Waals surface area contributed by atoms with Crippen molar-refractivity contribution in [2.24, 2.45) is 5.92 Å². The summed E-state index contributed by atoms with van der Waals surface area (Å²) < 4.78 is 13.9. The molecule has 108 valence electrons. The molecule has 0 atom stereocenters. The highest BCUT2D eigenvalue weighted by Gasteiger charge is 2.34. The molecule has 1 aliphatic carbocycles. The first-order valence-electron chi connectivity index (χ1n) is 7.00. The van der Waals surface area contributed by atoms with E-state index in [-0.39, 0.29) is 11.8 Å². The van der Waals surface area contributed by atoms with Gasteiger partial charge in [-0.05, 0) is 25.3 Å².